The number of nitrogens with one attached hydrogen (secondary N) is 1. The highest BCUT2D eigenvalue weighted by Crippen LogP contribution is 2.27. The molecule has 0 unspecified atom stereocenters. The zero-order valence-electron chi connectivity index (χ0n) is 17.6. The van der Waals surface area contributed by atoms with Crippen LogP contribution >= 0.6 is 0 Å². The van der Waals surface area contributed by atoms with E-state index in [2.05, 4.69) is 37.9 Å². The van der Waals surface area contributed by atoms with E-state index in [1.165, 1.54) is 0 Å². The van der Waals surface area contributed by atoms with Gasteiger partial charge in [-0.3, -0.25) is 9.69 Å². The number of hydrogen-bond donors (Lipinski definition) is 1. The Bertz CT molecular complexity index is 924. The van der Waals surface area contributed by atoms with Crippen LogP contribution in [0.25, 0.3) is 11.0 Å². The van der Waals surface area contributed by atoms with Crippen LogP contribution in [0.3, 0.4) is 0 Å². The second-order valence-corrected chi connectivity index (χ2v) is 7.69. The smallest absolute Gasteiger partial charge is 0.287 e. The minimum atomic E-state index is -0.208. The van der Waals surface area contributed by atoms with Crippen molar-refractivity contribution in [3.63, 3.8) is 0 Å². The van der Waals surface area contributed by atoms with Crippen molar-refractivity contribution in [3.05, 3.63) is 65.9 Å². The van der Waals surface area contributed by atoms with Gasteiger partial charge in [-0.25, -0.2) is 0 Å². The van der Waals surface area contributed by atoms with Gasteiger partial charge < -0.3 is 14.5 Å². The molecule has 5 nitrogen and oxygen atoms in total. The highest BCUT2D eigenvalue weighted by molar-refractivity contribution is 5.99. The lowest BCUT2D eigenvalue weighted by Crippen LogP contribution is -2.42. The van der Waals surface area contributed by atoms with Crippen molar-refractivity contribution in [3.8, 4) is 5.75 Å². The number of hydrogen-bond acceptors (Lipinski definition) is 4. The molecule has 2 aromatic carbocycles. The Hall–Kier alpha value is -2.79. The lowest BCUT2D eigenvalue weighted by Gasteiger charge is -2.30. The zero-order valence-corrected chi connectivity index (χ0v) is 17.6. The Kier molecular flexibility index (Phi) is 6.94. The predicted octanol–water partition coefficient (Wildman–Crippen LogP) is 4.86. The van der Waals surface area contributed by atoms with Crippen LogP contribution < -0.4 is 10.1 Å². The van der Waals surface area contributed by atoms with Gasteiger partial charge in [-0.2, -0.15) is 0 Å². The third-order valence-corrected chi connectivity index (χ3v) is 5.01. The Morgan fingerprint density at radius 3 is 2.34 bits per heavy atom. The number of amides is 1. The molecule has 1 aromatic heterocycles. The molecule has 0 bridgehead atoms. The summed E-state index contributed by atoms with van der Waals surface area (Å²) in [4.78, 5) is 15.2. The molecule has 0 aliphatic carbocycles. The first-order chi connectivity index (χ1) is 14.0. The van der Waals surface area contributed by atoms with Crippen molar-refractivity contribution < 1.29 is 13.9 Å². The predicted molar refractivity (Wildman–Crippen MR) is 116 cm³/mol. The van der Waals surface area contributed by atoms with E-state index in [9.17, 15) is 4.79 Å². The first-order valence-corrected chi connectivity index (χ1v) is 10.2. The molecule has 154 valence electrons. The second-order valence-electron chi connectivity index (χ2n) is 7.69. The highest BCUT2D eigenvalue weighted by Gasteiger charge is 2.21. The summed E-state index contributed by atoms with van der Waals surface area (Å²) in [6.07, 6.45) is 0. The monoisotopic (exact) mass is 394 g/mol. The van der Waals surface area contributed by atoms with Gasteiger partial charge in [0.05, 0.1) is 0 Å². The van der Waals surface area contributed by atoms with Crippen LogP contribution in [0.5, 0.6) is 5.75 Å². The van der Waals surface area contributed by atoms with Crippen LogP contribution in [0, 0.1) is 0 Å². The molecule has 0 spiro atoms. The number of benzene rings is 2. The minimum absolute atomic E-state index is 0.208. The molecule has 1 N–H and O–H groups in total. The van der Waals surface area contributed by atoms with E-state index in [4.69, 9.17) is 9.15 Å². The summed E-state index contributed by atoms with van der Waals surface area (Å²) >= 11 is 0. The molecule has 0 saturated heterocycles. The summed E-state index contributed by atoms with van der Waals surface area (Å²) in [5.41, 5.74) is 1.46. The van der Waals surface area contributed by atoms with Crippen molar-refractivity contribution in [1.82, 2.24) is 10.2 Å². The normalized spacial score (nSPS) is 11.6. The van der Waals surface area contributed by atoms with Crippen molar-refractivity contribution >= 4 is 16.9 Å². The van der Waals surface area contributed by atoms with E-state index in [0.717, 1.165) is 23.2 Å². The first kappa shape index (κ1) is 20.9. The molecular formula is C24H30N2O3. The maximum Gasteiger partial charge on any atom is 0.287 e. The molecule has 0 saturated carbocycles. The topological polar surface area (TPSA) is 54.7 Å². The number of ether oxygens (including phenoxy) is 1. The third kappa shape index (κ3) is 5.18. The number of fused-ring (bicyclic) bond motifs is 1. The molecule has 3 aromatic rings. The number of carbonyl (C=O) groups excluding carboxylic acids is 1. The van der Waals surface area contributed by atoms with E-state index in [1.807, 2.05) is 54.6 Å². The lowest BCUT2D eigenvalue weighted by atomic mass is 10.1. The SMILES string of the molecule is CC(C)N(CCNC(=O)c1oc2ccccc2c1COc1ccccc1)C(C)C. The average molecular weight is 395 g/mol. The van der Waals surface area contributed by atoms with Gasteiger partial charge in [0.1, 0.15) is 17.9 Å². The van der Waals surface area contributed by atoms with E-state index in [1.54, 1.807) is 0 Å². The van der Waals surface area contributed by atoms with Crippen molar-refractivity contribution in [2.45, 2.75) is 46.4 Å². The second kappa shape index (κ2) is 9.61. The summed E-state index contributed by atoms with van der Waals surface area (Å²) in [5, 5.41) is 3.91. The molecule has 0 atom stereocenters. The number of carbonyl (C=O) groups is 1. The Morgan fingerprint density at radius 1 is 1.00 bits per heavy atom. The van der Waals surface area contributed by atoms with E-state index >= 15 is 0 Å². The highest BCUT2D eigenvalue weighted by atomic mass is 16.5. The van der Waals surface area contributed by atoms with Crippen molar-refractivity contribution in [2.24, 2.45) is 0 Å². The standard InChI is InChI=1S/C24H30N2O3/c1-17(2)26(18(3)4)15-14-25-24(27)23-21(16-28-19-10-6-5-7-11-19)20-12-8-9-13-22(20)29-23/h5-13,17-18H,14-16H2,1-4H3,(H,25,27). The maximum absolute atomic E-state index is 12.9. The van der Waals surface area contributed by atoms with Gasteiger partial charge in [0.15, 0.2) is 5.76 Å². The van der Waals surface area contributed by atoms with Crippen LogP contribution in [-0.2, 0) is 6.61 Å². The fraction of sp³-hybridized carbons (Fsp3) is 0.375. The average Bonchev–Trinajstić information content (AvgIpc) is 3.08. The molecule has 0 fully saturated rings. The number of para-hydroxylation sites is 2. The number of rotatable bonds is 9. The summed E-state index contributed by atoms with van der Waals surface area (Å²) in [6, 6.07) is 18.1. The molecule has 0 aliphatic rings. The van der Waals surface area contributed by atoms with Gasteiger partial charge in [0.25, 0.3) is 5.91 Å². The maximum atomic E-state index is 12.9. The number of nitrogens with zero attached hydrogens (tertiary/aromatic N) is 1. The Labute approximate surface area is 172 Å². The van der Waals surface area contributed by atoms with Crippen molar-refractivity contribution in [2.75, 3.05) is 13.1 Å². The minimum Gasteiger partial charge on any atom is -0.489 e. The van der Waals surface area contributed by atoms with Gasteiger partial charge in [0.2, 0.25) is 0 Å². The largest absolute Gasteiger partial charge is 0.489 e. The van der Waals surface area contributed by atoms with Crippen LogP contribution in [0.2, 0.25) is 0 Å². The fourth-order valence-corrected chi connectivity index (χ4v) is 3.59. The summed E-state index contributed by atoms with van der Waals surface area (Å²) in [7, 11) is 0. The summed E-state index contributed by atoms with van der Waals surface area (Å²) in [6.45, 7) is 10.3. The summed E-state index contributed by atoms with van der Waals surface area (Å²) < 4.78 is 11.8. The van der Waals surface area contributed by atoms with E-state index < -0.39 is 0 Å². The Morgan fingerprint density at radius 2 is 1.66 bits per heavy atom. The van der Waals surface area contributed by atoms with E-state index in [-0.39, 0.29) is 12.5 Å². The number of furan rings is 1. The van der Waals surface area contributed by atoms with Crippen LogP contribution in [0.15, 0.2) is 59.0 Å². The third-order valence-electron chi connectivity index (χ3n) is 5.01. The van der Waals surface area contributed by atoms with Gasteiger partial charge in [0, 0.05) is 36.1 Å². The Balaban J connectivity index is 1.74. The zero-order chi connectivity index (χ0) is 20.8. The molecule has 5 heteroatoms. The van der Waals surface area contributed by atoms with Crippen LogP contribution in [-0.4, -0.2) is 36.0 Å². The van der Waals surface area contributed by atoms with E-state index in [0.29, 0.717) is 30.0 Å². The quantitative estimate of drug-likeness (QED) is 0.563. The van der Waals surface area contributed by atoms with Gasteiger partial charge in [-0.1, -0.05) is 36.4 Å². The summed E-state index contributed by atoms with van der Waals surface area (Å²) in [5.74, 6) is 0.872. The molecule has 3 rings (SSSR count). The fourth-order valence-electron chi connectivity index (χ4n) is 3.59. The molecule has 1 amide bonds. The first-order valence-electron chi connectivity index (χ1n) is 10.2. The van der Waals surface area contributed by atoms with Gasteiger partial charge in [-0.15, -0.1) is 0 Å². The van der Waals surface area contributed by atoms with Crippen LogP contribution in [0.1, 0.15) is 43.8 Å². The van der Waals surface area contributed by atoms with Gasteiger partial charge in [-0.05, 0) is 45.9 Å². The molecule has 0 radical (unpaired) electrons. The molecule has 1 heterocycles. The molecular weight excluding hydrogens is 364 g/mol. The molecule has 0 aliphatic heterocycles. The van der Waals surface area contributed by atoms with Crippen LogP contribution in [0.4, 0.5) is 0 Å². The lowest BCUT2D eigenvalue weighted by molar-refractivity contribution is 0.0910. The van der Waals surface area contributed by atoms with Gasteiger partial charge >= 0.3 is 0 Å². The molecule has 29 heavy (non-hydrogen) atoms. The van der Waals surface area contributed by atoms with Crippen molar-refractivity contribution in [1.29, 1.82) is 0 Å².